The molecule has 5 rings (SSSR count). The zero-order valence-corrected chi connectivity index (χ0v) is 30.2. The van der Waals surface area contributed by atoms with Gasteiger partial charge in [0.1, 0.15) is 5.60 Å². The molecule has 0 saturated carbocycles. The number of unbranched alkanes of at least 4 members (excludes halogenated alkanes) is 1. The van der Waals surface area contributed by atoms with Crippen LogP contribution in [-0.2, 0) is 9.53 Å². The van der Waals surface area contributed by atoms with E-state index in [4.69, 9.17) is 4.74 Å². The summed E-state index contributed by atoms with van der Waals surface area (Å²) in [4.78, 5) is 41.6. The number of fused-ring (bicyclic) bond motifs is 1. The number of hydrogen-bond donors (Lipinski definition) is 3. The predicted octanol–water partition coefficient (Wildman–Crippen LogP) is 7.42. The van der Waals surface area contributed by atoms with Crippen molar-refractivity contribution in [3.05, 3.63) is 118 Å². The van der Waals surface area contributed by atoms with Crippen LogP contribution in [-0.4, -0.2) is 66.7 Å². The molecular formula is C40H47BrN4O4. The summed E-state index contributed by atoms with van der Waals surface area (Å²) in [6.07, 6.45) is 2.31. The van der Waals surface area contributed by atoms with Gasteiger partial charge in [-0.25, -0.2) is 4.79 Å². The van der Waals surface area contributed by atoms with Gasteiger partial charge in [0.2, 0.25) is 5.91 Å². The van der Waals surface area contributed by atoms with Gasteiger partial charge >= 0.3 is 6.09 Å². The van der Waals surface area contributed by atoms with Crippen LogP contribution in [0.2, 0.25) is 0 Å². The number of halogens is 1. The molecule has 1 saturated heterocycles. The van der Waals surface area contributed by atoms with Crippen LogP contribution in [0.25, 0.3) is 10.8 Å². The first-order valence-electron chi connectivity index (χ1n) is 17.1. The summed E-state index contributed by atoms with van der Waals surface area (Å²) in [5.74, 6) is -0.0571. The number of benzene rings is 4. The normalized spacial score (nSPS) is 16.8. The molecule has 0 radical (unpaired) electrons. The van der Waals surface area contributed by atoms with Crippen molar-refractivity contribution in [1.29, 1.82) is 0 Å². The van der Waals surface area contributed by atoms with Gasteiger partial charge in [-0.05, 0) is 92.6 Å². The van der Waals surface area contributed by atoms with Gasteiger partial charge in [0.05, 0.1) is 6.04 Å². The number of carbonyl (C=O) groups excluding carboxylic acids is 3. The number of hydrogen-bond acceptors (Lipinski definition) is 5. The summed E-state index contributed by atoms with van der Waals surface area (Å²) in [7, 11) is 0. The van der Waals surface area contributed by atoms with Crippen LogP contribution < -0.4 is 16.0 Å². The molecule has 9 heteroatoms. The molecule has 2 atom stereocenters. The van der Waals surface area contributed by atoms with Crippen molar-refractivity contribution in [2.24, 2.45) is 0 Å². The lowest BCUT2D eigenvalue weighted by molar-refractivity contribution is -0.133. The molecule has 1 aliphatic rings. The zero-order valence-electron chi connectivity index (χ0n) is 28.6. The summed E-state index contributed by atoms with van der Waals surface area (Å²) in [6.45, 7) is 7.49. The minimum atomic E-state index is -0.558. The number of nitrogens with zero attached hydrogens (tertiary/aromatic N) is 1. The number of ether oxygens (including phenoxy) is 1. The van der Waals surface area contributed by atoms with Gasteiger partial charge in [-0.3, -0.25) is 9.59 Å². The van der Waals surface area contributed by atoms with Gasteiger partial charge in [0.25, 0.3) is 5.91 Å². The Balaban J connectivity index is 1.27. The molecule has 258 valence electrons. The van der Waals surface area contributed by atoms with E-state index in [1.165, 1.54) is 0 Å². The van der Waals surface area contributed by atoms with E-state index in [-0.39, 0.29) is 23.8 Å². The van der Waals surface area contributed by atoms with E-state index in [1.54, 1.807) is 0 Å². The quantitative estimate of drug-likeness (QED) is 0.132. The van der Waals surface area contributed by atoms with Gasteiger partial charge in [0.15, 0.2) is 0 Å². The molecule has 1 aliphatic heterocycles. The maximum Gasteiger partial charge on any atom is 0.407 e. The van der Waals surface area contributed by atoms with E-state index in [1.807, 2.05) is 98.5 Å². The van der Waals surface area contributed by atoms with Gasteiger partial charge in [-0.1, -0.05) is 88.7 Å². The van der Waals surface area contributed by atoms with Crippen molar-refractivity contribution >= 4 is 44.6 Å². The minimum absolute atomic E-state index is 0.0230. The fourth-order valence-corrected chi connectivity index (χ4v) is 6.66. The van der Waals surface area contributed by atoms with Crippen molar-refractivity contribution in [3.63, 3.8) is 0 Å². The van der Waals surface area contributed by atoms with Crippen molar-refractivity contribution in [2.75, 3.05) is 26.2 Å². The maximum atomic E-state index is 14.2. The van der Waals surface area contributed by atoms with Crippen molar-refractivity contribution in [3.8, 4) is 0 Å². The maximum absolute atomic E-state index is 14.2. The van der Waals surface area contributed by atoms with Crippen LogP contribution in [0.5, 0.6) is 0 Å². The average molecular weight is 728 g/mol. The summed E-state index contributed by atoms with van der Waals surface area (Å²) in [5, 5.41) is 11.6. The molecule has 49 heavy (non-hydrogen) atoms. The second-order valence-corrected chi connectivity index (χ2v) is 14.6. The largest absolute Gasteiger partial charge is 0.444 e. The van der Waals surface area contributed by atoms with Crippen LogP contribution in [0.15, 0.2) is 102 Å². The molecule has 0 aromatic heterocycles. The first-order chi connectivity index (χ1) is 23.6. The average Bonchev–Trinajstić information content (AvgIpc) is 3.23. The van der Waals surface area contributed by atoms with E-state index in [2.05, 4.69) is 56.1 Å². The highest BCUT2D eigenvalue weighted by Gasteiger charge is 2.32. The number of amides is 3. The Hall–Kier alpha value is -4.21. The second-order valence-electron chi connectivity index (χ2n) is 13.7. The molecule has 1 fully saturated rings. The van der Waals surface area contributed by atoms with E-state index in [9.17, 15) is 14.4 Å². The lowest BCUT2D eigenvalue weighted by Gasteiger charge is -2.29. The molecule has 0 spiro atoms. The highest BCUT2D eigenvalue weighted by molar-refractivity contribution is 9.10. The molecule has 8 nitrogen and oxygen atoms in total. The molecule has 1 heterocycles. The Morgan fingerprint density at radius 2 is 1.55 bits per heavy atom. The van der Waals surface area contributed by atoms with Gasteiger partial charge in [-0.2, -0.15) is 0 Å². The minimum Gasteiger partial charge on any atom is -0.444 e. The summed E-state index contributed by atoms with van der Waals surface area (Å²) < 4.78 is 6.34. The summed E-state index contributed by atoms with van der Waals surface area (Å²) in [5.41, 5.74) is 2.37. The third-order valence-corrected chi connectivity index (χ3v) is 9.26. The van der Waals surface area contributed by atoms with Crippen LogP contribution in [0.3, 0.4) is 0 Å². The highest BCUT2D eigenvalue weighted by Crippen LogP contribution is 2.27. The van der Waals surface area contributed by atoms with Gasteiger partial charge in [-0.15, -0.1) is 0 Å². The van der Waals surface area contributed by atoms with E-state index >= 15 is 0 Å². The van der Waals surface area contributed by atoms with Crippen LogP contribution in [0.1, 0.15) is 73.9 Å². The first kappa shape index (κ1) is 36.1. The smallest absolute Gasteiger partial charge is 0.407 e. The standard InChI is InChI=1S/C40H47BrN4O4/c1-40(2,3)49-39(48)42-22-11-10-16-36-38(47)45(27-35(28-12-6-4-7-13-28)29-14-8-5-9-15-29)23-21-34(44-36)26-43-37(46)32-18-17-31-25-33(41)20-19-30(31)24-32/h4-9,12-15,17-20,24-25,34-36,44H,10-11,16,21-23,26-27H2,1-3H3,(H,42,48)(H,43,46)/t34-,36-/m0/s1. The Bertz CT molecular complexity index is 1670. The first-order valence-corrected chi connectivity index (χ1v) is 17.9. The topological polar surface area (TPSA) is 99.8 Å². The zero-order chi connectivity index (χ0) is 34.8. The number of alkyl carbamates (subject to hydrolysis) is 1. The van der Waals surface area contributed by atoms with Crippen LogP contribution in [0.4, 0.5) is 4.79 Å². The van der Waals surface area contributed by atoms with E-state index in [0.717, 1.165) is 32.8 Å². The Morgan fingerprint density at radius 3 is 2.22 bits per heavy atom. The lowest BCUT2D eigenvalue weighted by atomic mass is 9.90. The van der Waals surface area contributed by atoms with Gasteiger partial charge < -0.3 is 25.6 Å². The van der Waals surface area contributed by atoms with Crippen LogP contribution >= 0.6 is 15.9 Å². The Kier molecular flexibility index (Phi) is 12.5. The Labute approximate surface area is 298 Å². The number of nitrogens with one attached hydrogen (secondary N) is 3. The third-order valence-electron chi connectivity index (χ3n) is 8.76. The highest BCUT2D eigenvalue weighted by atomic mass is 79.9. The molecule has 4 aromatic rings. The molecule has 0 aliphatic carbocycles. The molecular weight excluding hydrogens is 680 g/mol. The lowest BCUT2D eigenvalue weighted by Crippen LogP contribution is -2.49. The van der Waals surface area contributed by atoms with E-state index < -0.39 is 17.7 Å². The van der Waals surface area contributed by atoms with Crippen molar-refractivity contribution in [1.82, 2.24) is 20.9 Å². The molecule has 0 unspecified atom stereocenters. The fourth-order valence-electron chi connectivity index (χ4n) is 6.28. The summed E-state index contributed by atoms with van der Waals surface area (Å²) >= 11 is 3.51. The number of carbonyl (C=O) groups is 3. The van der Waals surface area contributed by atoms with E-state index in [0.29, 0.717) is 51.0 Å². The molecule has 3 amide bonds. The van der Waals surface area contributed by atoms with Crippen molar-refractivity contribution in [2.45, 2.75) is 70.1 Å². The summed E-state index contributed by atoms with van der Waals surface area (Å²) in [6, 6.07) is 31.9. The second kappa shape index (κ2) is 16.9. The van der Waals surface area contributed by atoms with Crippen molar-refractivity contribution < 1.29 is 19.1 Å². The predicted molar refractivity (Wildman–Crippen MR) is 199 cm³/mol. The third kappa shape index (κ3) is 10.6. The number of rotatable bonds is 12. The van der Waals surface area contributed by atoms with Gasteiger partial charge in [0, 0.05) is 48.2 Å². The Morgan fingerprint density at radius 1 is 0.898 bits per heavy atom. The molecule has 3 N–H and O–H groups in total. The monoisotopic (exact) mass is 726 g/mol. The van der Waals surface area contributed by atoms with Crippen LogP contribution in [0, 0.1) is 0 Å². The fraction of sp³-hybridized carbons (Fsp3) is 0.375. The SMILES string of the molecule is CC(C)(C)OC(=O)NCCCC[C@@H]1N[C@H](CNC(=O)c2ccc3cc(Br)ccc3c2)CCN(CC(c2ccccc2)c2ccccc2)C1=O. The molecule has 4 aromatic carbocycles. The molecule has 0 bridgehead atoms.